The maximum atomic E-state index is 12.8. The quantitative estimate of drug-likeness (QED) is 0.375. The second-order valence-electron chi connectivity index (χ2n) is 6.67. The summed E-state index contributed by atoms with van der Waals surface area (Å²) in [6, 6.07) is 19.7. The Bertz CT molecular complexity index is 1400. The molecule has 0 spiro atoms. The van der Waals surface area contributed by atoms with Gasteiger partial charge in [0.15, 0.2) is 11.6 Å². The lowest BCUT2D eigenvalue weighted by atomic mass is 10.0. The molecule has 5 rings (SSSR count). The zero-order valence-electron chi connectivity index (χ0n) is 15.4. The van der Waals surface area contributed by atoms with Gasteiger partial charge in [-0.15, -0.1) is 10.2 Å². The fourth-order valence-electron chi connectivity index (χ4n) is 3.30. The minimum Gasteiger partial charge on any atom is -0.337 e. The number of fused-ring (bicyclic) bond motifs is 3. The molecule has 0 aliphatic carbocycles. The second kappa shape index (κ2) is 7.40. The maximum Gasteiger partial charge on any atom is 0.204 e. The molecule has 0 radical (unpaired) electrons. The summed E-state index contributed by atoms with van der Waals surface area (Å²) in [6.45, 7) is 0. The van der Waals surface area contributed by atoms with Crippen LogP contribution in [0.15, 0.2) is 73.1 Å². The Kier molecular flexibility index (Phi) is 4.58. The fourth-order valence-corrected chi connectivity index (χ4v) is 3.82. The number of hydrogen-bond acceptors (Lipinski definition) is 5. The molecule has 2 heterocycles. The normalized spacial score (nSPS) is 11.1. The zero-order chi connectivity index (χ0) is 20.7. The first-order chi connectivity index (χ1) is 14.6. The summed E-state index contributed by atoms with van der Waals surface area (Å²) in [6.07, 6.45) is 1.59. The van der Waals surface area contributed by atoms with E-state index in [0.717, 1.165) is 5.52 Å². The molecule has 0 atom stereocenters. The van der Waals surface area contributed by atoms with Gasteiger partial charge in [0.05, 0.1) is 11.0 Å². The minimum absolute atomic E-state index is 0.0607. The molecule has 3 aromatic carbocycles. The molecule has 2 aromatic heterocycles. The van der Waals surface area contributed by atoms with Crippen molar-refractivity contribution in [3.8, 4) is 0 Å². The van der Waals surface area contributed by atoms with E-state index < -0.39 is 0 Å². The summed E-state index contributed by atoms with van der Waals surface area (Å²) in [5, 5.41) is 12.4. The van der Waals surface area contributed by atoms with Crippen molar-refractivity contribution in [2.45, 2.75) is 0 Å². The first-order valence-corrected chi connectivity index (χ1v) is 9.80. The van der Waals surface area contributed by atoms with Gasteiger partial charge in [0.1, 0.15) is 6.33 Å². The molecular weight excluding hydrogens is 421 g/mol. The summed E-state index contributed by atoms with van der Waals surface area (Å²) in [7, 11) is 0. The lowest BCUT2D eigenvalue weighted by Gasteiger charge is -2.11. The van der Waals surface area contributed by atoms with Gasteiger partial charge in [-0.3, -0.25) is 9.20 Å². The Labute approximate surface area is 181 Å². The van der Waals surface area contributed by atoms with Gasteiger partial charge in [-0.05, 0) is 36.4 Å². The third kappa shape index (κ3) is 3.36. The minimum atomic E-state index is -0.0607. The number of rotatable bonds is 4. The highest BCUT2D eigenvalue weighted by Crippen LogP contribution is 2.28. The van der Waals surface area contributed by atoms with Gasteiger partial charge < -0.3 is 5.32 Å². The average Bonchev–Trinajstić information content (AvgIpc) is 3.24. The smallest absolute Gasteiger partial charge is 0.204 e. The zero-order valence-corrected chi connectivity index (χ0v) is 16.9. The van der Waals surface area contributed by atoms with Gasteiger partial charge in [-0.25, -0.2) is 4.98 Å². The predicted molar refractivity (Wildman–Crippen MR) is 118 cm³/mol. The molecule has 0 bridgehead atoms. The van der Waals surface area contributed by atoms with Crippen LogP contribution < -0.4 is 5.32 Å². The molecule has 0 unspecified atom stereocenters. The summed E-state index contributed by atoms with van der Waals surface area (Å²) in [5.41, 5.74) is 3.80. The standard InChI is InChI=1S/C22H13Cl2N5O/c23-15-9-16(24)11-17(10-15)26-21-22-28-25-12-29(22)19-8-14(6-7-18(19)27-21)20(30)13-4-2-1-3-5-13/h1-12H,(H,26,27). The Morgan fingerprint density at radius 3 is 2.43 bits per heavy atom. The third-order valence-electron chi connectivity index (χ3n) is 4.65. The third-order valence-corrected chi connectivity index (χ3v) is 5.09. The van der Waals surface area contributed by atoms with Crippen molar-refractivity contribution in [2.75, 3.05) is 5.32 Å². The van der Waals surface area contributed by atoms with E-state index in [2.05, 4.69) is 20.5 Å². The average molecular weight is 434 g/mol. The Morgan fingerprint density at radius 2 is 1.67 bits per heavy atom. The summed E-state index contributed by atoms with van der Waals surface area (Å²) >= 11 is 12.2. The molecule has 1 N–H and O–H groups in total. The molecule has 6 nitrogen and oxygen atoms in total. The van der Waals surface area contributed by atoms with Crippen molar-refractivity contribution < 1.29 is 4.79 Å². The van der Waals surface area contributed by atoms with Gasteiger partial charge in [0.25, 0.3) is 0 Å². The largest absolute Gasteiger partial charge is 0.337 e. The van der Waals surface area contributed by atoms with E-state index in [-0.39, 0.29) is 5.78 Å². The van der Waals surface area contributed by atoms with E-state index in [9.17, 15) is 4.79 Å². The van der Waals surface area contributed by atoms with Crippen molar-refractivity contribution in [3.63, 3.8) is 0 Å². The Morgan fingerprint density at radius 1 is 0.900 bits per heavy atom. The molecule has 0 aliphatic rings. The van der Waals surface area contributed by atoms with Crippen LogP contribution in [0.2, 0.25) is 10.0 Å². The van der Waals surface area contributed by atoms with E-state index in [1.165, 1.54) is 0 Å². The Hall–Kier alpha value is -3.48. The van der Waals surface area contributed by atoms with Gasteiger partial charge in [0, 0.05) is 26.9 Å². The molecular formula is C22H13Cl2N5O. The number of aromatic nitrogens is 4. The van der Waals surface area contributed by atoms with Crippen LogP contribution in [0.3, 0.4) is 0 Å². The molecule has 5 aromatic rings. The number of halogens is 2. The number of carbonyl (C=O) groups excluding carboxylic acids is 1. The van der Waals surface area contributed by atoms with Gasteiger partial charge in [0.2, 0.25) is 5.65 Å². The lowest BCUT2D eigenvalue weighted by molar-refractivity contribution is 0.103. The predicted octanol–water partition coefficient (Wildman–Crippen LogP) is 5.56. The van der Waals surface area contributed by atoms with Crippen LogP contribution in [0.5, 0.6) is 0 Å². The SMILES string of the molecule is O=C(c1ccccc1)c1ccc2nc(Nc3cc(Cl)cc(Cl)c3)c3nncn3c2c1. The summed E-state index contributed by atoms with van der Waals surface area (Å²) < 4.78 is 1.79. The van der Waals surface area contributed by atoms with E-state index in [1.54, 1.807) is 59.3 Å². The second-order valence-corrected chi connectivity index (χ2v) is 7.54. The van der Waals surface area contributed by atoms with E-state index in [4.69, 9.17) is 23.2 Å². The van der Waals surface area contributed by atoms with Crippen LogP contribution in [-0.4, -0.2) is 25.4 Å². The summed E-state index contributed by atoms with van der Waals surface area (Å²) in [4.78, 5) is 17.5. The number of ketones is 1. The highest BCUT2D eigenvalue weighted by Gasteiger charge is 2.15. The molecule has 0 saturated heterocycles. The van der Waals surface area contributed by atoms with Gasteiger partial charge >= 0.3 is 0 Å². The first-order valence-electron chi connectivity index (χ1n) is 9.05. The number of nitrogens with one attached hydrogen (secondary N) is 1. The number of benzene rings is 3. The lowest BCUT2D eigenvalue weighted by Crippen LogP contribution is -2.04. The number of anilines is 2. The first kappa shape index (κ1) is 18.5. The monoisotopic (exact) mass is 433 g/mol. The van der Waals surface area contributed by atoms with E-state index in [1.807, 2.05) is 18.2 Å². The van der Waals surface area contributed by atoms with Crippen molar-refractivity contribution in [2.24, 2.45) is 0 Å². The van der Waals surface area contributed by atoms with Crippen molar-refractivity contribution in [1.29, 1.82) is 0 Å². The van der Waals surface area contributed by atoms with Crippen LogP contribution in [0.4, 0.5) is 11.5 Å². The molecule has 0 amide bonds. The number of nitrogens with zero attached hydrogens (tertiary/aromatic N) is 4. The number of hydrogen-bond donors (Lipinski definition) is 1. The molecule has 8 heteroatoms. The topological polar surface area (TPSA) is 72.2 Å². The fraction of sp³-hybridized carbons (Fsp3) is 0. The maximum absolute atomic E-state index is 12.8. The summed E-state index contributed by atoms with van der Waals surface area (Å²) in [5.74, 6) is 0.440. The van der Waals surface area contributed by atoms with Crippen molar-refractivity contribution in [1.82, 2.24) is 19.6 Å². The molecule has 0 saturated carbocycles. The highest BCUT2D eigenvalue weighted by atomic mass is 35.5. The van der Waals surface area contributed by atoms with Gasteiger partial charge in [-0.1, -0.05) is 53.5 Å². The van der Waals surface area contributed by atoms with Crippen molar-refractivity contribution >= 4 is 57.2 Å². The van der Waals surface area contributed by atoms with E-state index >= 15 is 0 Å². The van der Waals surface area contributed by atoms with Crippen LogP contribution in [0.25, 0.3) is 16.7 Å². The van der Waals surface area contributed by atoms with Crippen LogP contribution in [0, 0.1) is 0 Å². The van der Waals surface area contributed by atoms with Crippen LogP contribution >= 0.6 is 23.2 Å². The van der Waals surface area contributed by atoms with Crippen LogP contribution in [-0.2, 0) is 0 Å². The molecule has 146 valence electrons. The Balaban J connectivity index is 1.61. The molecule has 0 fully saturated rings. The van der Waals surface area contributed by atoms with Crippen molar-refractivity contribution in [3.05, 3.63) is 94.2 Å². The molecule has 0 aliphatic heterocycles. The van der Waals surface area contributed by atoms with Gasteiger partial charge in [-0.2, -0.15) is 0 Å². The van der Waals surface area contributed by atoms with Crippen LogP contribution in [0.1, 0.15) is 15.9 Å². The molecule has 30 heavy (non-hydrogen) atoms. The number of carbonyl (C=O) groups is 1. The van der Waals surface area contributed by atoms with E-state index in [0.29, 0.717) is 43.8 Å². The highest BCUT2D eigenvalue weighted by molar-refractivity contribution is 6.35.